The maximum Gasteiger partial charge on any atom is 0.312 e. The predicted molar refractivity (Wildman–Crippen MR) is 39.5 cm³/mol. The van der Waals surface area contributed by atoms with Gasteiger partial charge in [0.15, 0.2) is 6.10 Å². The molecule has 0 amide bonds. The van der Waals surface area contributed by atoms with Gasteiger partial charge in [-0.3, -0.25) is 9.59 Å². The summed E-state index contributed by atoms with van der Waals surface area (Å²) in [6, 6.07) is 0. The third-order valence-electron chi connectivity index (χ3n) is 2.47. The summed E-state index contributed by atoms with van der Waals surface area (Å²) < 4.78 is 9.71. The number of hydrogen-bond acceptors (Lipinski definition) is 5. The van der Waals surface area contributed by atoms with Gasteiger partial charge in [0.25, 0.3) is 0 Å². The average molecular weight is 186 g/mol. The van der Waals surface area contributed by atoms with Crippen LogP contribution in [0.5, 0.6) is 0 Å². The summed E-state index contributed by atoms with van der Waals surface area (Å²) in [5.74, 6) is -1.31. The predicted octanol–water partition coefficient (Wildman–Crippen LogP) is -0.776. The van der Waals surface area contributed by atoms with Gasteiger partial charge in [-0.05, 0) is 0 Å². The molecule has 0 aromatic heterocycles. The molecule has 4 unspecified atom stereocenters. The normalized spacial score (nSPS) is 41.8. The lowest BCUT2D eigenvalue weighted by Gasteiger charge is -2.20. The molecule has 2 rings (SSSR count). The van der Waals surface area contributed by atoms with Crippen molar-refractivity contribution in [2.24, 2.45) is 5.92 Å². The first-order chi connectivity index (χ1) is 6.09. The van der Waals surface area contributed by atoms with Crippen LogP contribution in [0, 0.1) is 5.92 Å². The molecule has 1 saturated heterocycles. The lowest BCUT2D eigenvalue weighted by Crippen LogP contribution is -2.33. The fourth-order valence-electron chi connectivity index (χ4n) is 1.90. The zero-order valence-corrected chi connectivity index (χ0v) is 7.10. The van der Waals surface area contributed by atoms with Crippen molar-refractivity contribution >= 4 is 11.9 Å². The molecule has 4 atom stereocenters. The molecule has 0 radical (unpaired) electrons. The van der Waals surface area contributed by atoms with Gasteiger partial charge in [-0.1, -0.05) is 0 Å². The number of aliphatic hydroxyl groups is 1. The topological polar surface area (TPSA) is 72.8 Å². The molecule has 5 heteroatoms. The molecule has 2 bridgehead atoms. The summed E-state index contributed by atoms with van der Waals surface area (Å²) in [6.07, 6.45) is -1.54. The van der Waals surface area contributed by atoms with Crippen molar-refractivity contribution in [2.75, 3.05) is 0 Å². The summed E-state index contributed by atoms with van der Waals surface area (Å²) in [5, 5.41) is 9.45. The van der Waals surface area contributed by atoms with Crippen molar-refractivity contribution in [1.29, 1.82) is 0 Å². The van der Waals surface area contributed by atoms with Gasteiger partial charge in [-0.25, -0.2) is 0 Å². The van der Waals surface area contributed by atoms with Gasteiger partial charge in [0.1, 0.15) is 12.2 Å². The van der Waals surface area contributed by atoms with E-state index in [2.05, 4.69) is 0 Å². The average Bonchev–Trinajstić information content (AvgIpc) is 2.43. The molecule has 0 spiro atoms. The number of carbonyl (C=O) groups is 2. The third kappa shape index (κ3) is 1.19. The van der Waals surface area contributed by atoms with Gasteiger partial charge in [0, 0.05) is 13.3 Å². The summed E-state index contributed by atoms with van der Waals surface area (Å²) in [4.78, 5) is 21.6. The van der Waals surface area contributed by atoms with Crippen LogP contribution in [-0.4, -0.2) is 35.4 Å². The fourth-order valence-corrected chi connectivity index (χ4v) is 1.90. The number of carbonyl (C=O) groups excluding carboxylic acids is 2. The van der Waals surface area contributed by atoms with Gasteiger partial charge in [-0.15, -0.1) is 0 Å². The molecule has 13 heavy (non-hydrogen) atoms. The highest BCUT2D eigenvalue weighted by molar-refractivity contribution is 5.77. The first kappa shape index (κ1) is 8.50. The number of fused-ring (bicyclic) bond motifs is 2. The lowest BCUT2D eigenvalue weighted by atomic mass is 10.1. The Bertz CT molecular complexity index is 261. The van der Waals surface area contributed by atoms with Crippen molar-refractivity contribution in [1.82, 2.24) is 0 Å². The Morgan fingerprint density at radius 2 is 2.38 bits per heavy atom. The highest BCUT2D eigenvalue weighted by atomic mass is 16.6. The molecule has 1 N–H and O–H groups in total. The van der Waals surface area contributed by atoms with Gasteiger partial charge < -0.3 is 14.6 Å². The van der Waals surface area contributed by atoms with Crippen molar-refractivity contribution < 1.29 is 24.2 Å². The van der Waals surface area contributed by atoms with E-state index in [1.54, 1.807) is 0 Å². The summed E-state index contributed by atoms with van der Waals surface area (Å²) in [5.41, 5.74) is 0. The van der Waals surface area contributed by atoms with E-state index in [0.29, 0.717) is 6.42 Å². The molecule has 1 aliphatic heterocycles. The SMILES string of the molecule is CC(=O)OC1CC2C(=O)OC1C2O. The third-order valence-corrected chi connectivity index (χ3v) is 2.47. The van der Waals surface area contributed by atoms with E-state index in [4.69, 9.17) is 9.47 Å². The van der Waals surface area contributed by atoms with Crippen LogP contribution in [0.3, 0.4) is 0 Å². The van der Waals surface area contributed by atoms with Crippen LogP contribution in [0.1, 0.15) is 13.3 Å². The van der Waals surface area contributed by atoms with Crippen molar-refractivity contribution in [3.63, 3.8) is 0 Å². The minimum Gasteiger partial charge on any atom is -0.458 e. The Balaban J connectivity index is 2.06. The molecule has 0 aromatic rings. The maximum absolute atomic E-state index is 11.0. The van der Waals surface area contributed by atoms with Crippen LogP contribution in [0.4, 0.5) is 0 Å². The molecule has 2 aliphatic rings. The van der Waals surface area contributed by atoms with Crippen LogP contribution < -0.4 is 0 Å². The highest BCUT2D eigenvalue weighted by Gasteiger charge is 2.56. The molecule has 1 saturated carbocycles. The van der Waals surface area contributed by atoms with Crippen LogP contribution >= 0.6 is 0 Å². The lowest BCUT2D eigenvalue weighted by molar-refractivity contribution is -0.167. The van der Waals surface area contributed by atoms with Gasteiger partial charge in [0.2, 0.25) is 0 Å². The minimum atomic E-state index is -0.808. The molecule has 1 heterocycles. The standard InChI is InChI=1S/C8H10O5/c1-3(9)12-5-2-4-6(10)7(5)13-8(4)11/h4-7,10H,2H2,1H3. The monoisotopic (exact) mass is 186 g/mol. The molecule has 0 aromatic carbocycles. The van der Waals surface area contributed by atoms with E-state index in [1.807, 2.05) is 0 Å². The minimum absolute atomic E-state index is 0.379. The van der Waals surface area contributed by atoms with E-state index in [0.717, 1.165) is 0 Å². The van der Waals surface area contributed by atoms with Gasteiger partial charge in [0.05, 0.1) is 5.92 Å². The summed E-state index contributed by atoms with van der Waals surface area (Å²) in [7, 11) is 0. The summed E-state index contributed by atoms with van der Waals surface area (Å²) in [6.45, 7) is 1.29. The molecule has 1 aliphatic carbocycles. The van der Waals surface area contributed by atoms with E-state index < -0.39 is 30.2 Å². The van der Waals surface area contributed by atoms with Crippen LogP contribution in [0.2, 0.25) is 0 Å². The highest BCUT2D eigenvalue weighted by Crippen LogP contribution is 2.38. The second kappa shape index (κ2) is 2.70. The zero-order chi connectivity index (χ0) is 9.59. The number of hydrogen-bond donors (Lipinski definition) is 1. The van der Waals surface area contributed by atoms with E-state index in [9.17, 15) is 14.7 Å². The Morgan fingerprint density at radius 1 is 1.69 bits per heavy atom. The van der Waals surface area contributed by atoms with Gasteiger partial charge in [-0.2, -0.15) is 0 Å². The van der Waals surface area contributed by atoms with Crippen LogP contribution in [0.25, 0.3) is 0 Å². The molecule has 2 fully saturated rings. The molecule has 72 valence electrons. The second-order valence-electron chi connectivity index (χ2n) is 3.38. The summed E-state index contributed by atoms with van der Waals surface area (Å²) >= 11 is 0. The smallest absolute Gasteiger partial charge is 0.312 e. The van der Waals surface area contributed by atoms with E-state index in [1.165, 1.54) is 6.92 Å². The quantitative estimate of drug-likeness (QED) is 0.544. The van der Waals surface area contributed by atoms with Crippen molar-refractivity contribution in [3.8, 4) is 0 Å². The number of aliphatic hydroxyl groups excluding tert-OH is 1. The zero-order valence-electron chi connectivity index (χ0n) is 7.10. The Labute approximate surface area is 74.6 Å². The molecule has 5 nitrogen and oxygen atoms in total. The van der Waals surface area contributed by atoms with E-state index >= 15 is 0 Å². The largest absolute Gasteiger partial charge is 0.458 e. The number of rotatable bonds is 1. The van der Waals surface area contributed by atoms with Crippen molar-refractivity contribution in [2.45, 2.75) is 31.7 Å². The van der Waals surface area contributed by atoms with E-state index in [-0.39, 0.29) is 5.97 Å². The van der Waals surface area contributed by atoms with Crippen LogP contribution in [0.15, 0.2) is 0 Å². The Hall–Kier alpha value is -1.10. The van der Waals surface area contributed by atoms with Crippen molar-refractivity contribution in [3.05, 3.63) is 0 Å². The first-order valence-electron chi connectivity index (χ1n) is 4.15. The van der Waals surface area contributed by atoms with Gasteiger partial charge >= 0.3 is 11.9 Å². The molecular weight excluding hydrogens is 176 g/mol. The fraction of sp³-hybridized carbons (Fsp3) is 0.750. The number of esters is 2. The molecular formula is C8H10O5. The second-order valence-corrected chi connectivity index (χ2v) is 3.38. The number of ether oxygens (including phenoxy) is 2. The first-order valence-corrected chi connectivity index (χ1v) is 4.15. The Kier molecular flexibility index (Phi) is 1.76. The van der Waals surface area contributed by atoms with Crippen LogP contribution in [-0.2, 0) is 19.1 Å². The maximum atomic E-state index is 11.0. The Morgan fingerprint density at radius 3 is 2.77 bits per heavy atom.